The summed E-state index contributed by atoms with van der Waals surface area (Å²) in [5.74, 6) is -3.66. The molecule has 6 atom stereocenters. The topological polar surface area (TPSA) is 229 Å². The zero-order chi connectivity index (χ0) is 30.9. The number of hydrogen-bond donors (Lipinski definition) is 7. The van der Waals surface area contributed by atoms with Crippen molar-refractivity contribution in [2.75, 3.05) is 7.11 Å². The van der Waals surface area contributed by atoms with Crippen LogP contribution in [0.15, 0.2) is 18.2 Å². The van der Waals surface area contributed by atoms with E-state index < -0.39 is 96.8 Å². The number of aromatic hydroxyl groups is 2. The van der Waals surface area contributed by atoms with Gasteiger partial charge in [-0.25, -0.2) is 9.65 Å². The minimum Gasteiger partial charge on any atom is -0.507 e. The highest BCUT2D eigenvalue weighted by Crippen LogP contribution is 2.52. The quantitative estimate of drug-likeness (QED) is 0.152. The second kappa shape index (κ2) is 10.5. The summed E-state index contributed by atoms with van der Waals surface area (Å²) < 4.78 is 28.5. The molecule has 0 unspecified atom stereocenters. The summed E-state index contributed by atoms with van der Waals surface area (Å²) in [4.78, 5) is 58.6. The first-order chi connectivity index (χ1) is 19.6. The SMILES string of the molecule is COc1cccc2c1C(=O)c1c(O)c3c(c(O)c1C2=O)C[C@@](O)(C(C)=O)C[C@@H]3O[C@H]1C[C@@H](NP(=O)(O)O)[C@H](O)[C@H](C)O1. The van der Waals surface area contributed by atoms with Crippen LogP contribution in [0.1, 0.15) is 75.8 Å². The molecule has 1 saturated heterocycles. The van der Waals surface area contributed by atoms with Crippen molar-refractivity contribution in [3.8, 4) is 17.2 Å². The Labute approximate surface area is 239 Å². The average Bonchev–Trinajstić information content (AvgIpc) is 2.90. The molecule has 2 aliphatic carbocycles. The molecule has 0 saturated carbocycles. The average molecular weight is 608 g/mol. The first kappa shape index (κ1) is 30.3. The Morgan fingerprint density at radius 2 is 1.79 bits per heavy atom. The van der Waals surface area contributed by atoms with Gasteiger partial charge >= 0.3 is 7.75 Å². The van der Waals surface area contributed by atoms with E-state index in [0.717, 1.165) is 6.92 Å². The summed E-state index contributed by atoms with van der Waals surface area (Å²) in [6.45, 7) is 2.55. The standard InChI is InChI=1S/C27H30NO13P/c1-10-22(30)14(28-42(36,37)38)7-17(40-10)41-16-9-27(35,11(2)29)8-13-19(16)26(34)21-20(24(13)32)23(31)12-5-4-6-15(39-3)18(12)25(21)33/h4-6,10,14,16-17,22,30,32,34-35H,7-9H2,1-3H3,(H3,28,36,37,38)/t10-,14+,16-,17-,22+,27-/m0/s1. The number of ether oxygens (including phenoxy) is 3. The molecule has 0 amide bonds. The second-order valence-electron chi connectivity index (χ2n) is 10.8. The van der Waals surface area contributed by atoms with E-state index >= 15 is 0 Å². The van der Waals surface area contributed by atoms with Crippen LogP contribution in [0.3, 0.4) is 0 Å². The first-order valence-electron chi connectivity index (χ1n) is 13.0. The molecule has 7 N–H and O–H groups in total. The lowest BCUT2D eigenvalue weighted by molar-refractivity contribution is -0.248. The highest BCUT2D eigenvalue weighted by atomic mass is 31.2. The number of ketones is 3. The van der Waals surface area contributed by atoms with Gasteiger partial charge in [0.15, 0.2) is 17.9 Å². The molecule has 3 aliphatic rings. The number of benzene rings is 2. The van der Waals surface area contributed by atoms with E-state index in [9.17, 15) is 49.2 Å². The van der Waals surface area contributed by atoms with Crippen LogP contribution in [-0.4, -0.2) is 84.8 Å². The minimum atomic E-state index is -4.79. The molecule has 1 heterocycles. The van der Waals surface area contributed by atoms with Crippen LogP contribution in [0.25, 0.3) is 0 Å². The Kier molecular flexibility index (Phi) is 7.57. The minimum absolute atomic E-state index is 0.0682. The van der Waals surface area contributed by atoms with Gasteiger partial charge in [0.2, 0.25) is 5.78 Å². The number of aliphatic hydroxyl groups excluding tert-OH is 1. The van der Waals surface area contributed by atoms with Crippen molar-refractivity contribution >= 4 is 25.1 Å². The van der Waals surface area contributed by atoms with Crippen molar-refractivity contribution in [2.45, 2.75) is 69.4 Å². The molecule has 0 radical (unpaired) electrons. The van der Waals surface area contributed by atoms with Crippen LogP contribution < -0.4 is 9.82 Å². The molecule has 0 aromatic heterocycles. The van der Waals surface area contributed by atoms with Crippen molar-refractivity contribution in [1.29, 1.82) is 0 Å². The number of phenolic OH excluding ortho intramolecular Hbond substituents is 2. The van der Waals surface area contributed by atoms with Gasteiger partial charge in [0, 0.05) is 36.0 Å². The largest absolute Gasteiger partial charge is 0.507 e. The molecule has 2 aromatic carbocycles. The zero-order valence-corrected chi connectivity index (χ0v) is 23.6. The lowest BCUT2D eigenvalue weighted by atomic mass is 9.72. The van der Waals surface area contributed by atoms with Crippen molar-refractivity contribution in [2.24, 2.45) is 0 Å². The monoisotopic (exact) mass is 607 g/mol. The molecule has 42 heavy (non-hydrogen) atoms. The number of carbonyl (C=O) groups excluding carboxylic acids is 3. The molecular weight excluding hydrogens is 577 g/mol. The number of Topliss-reactive ketones (excluding diaryl/α,β-unsaturated/α-hetero) is 1. The molecular formula is C27H30NO13P. The van der Waals surface area contributed by atoms with E-state index in [-0.39, 0.29) is 34.4 Å². The number of phenols is 2. The predicted molar refractivity (Wildman–Crippen MR) is 141 cm³/mol. The van der Waals surface area contributed by atoms with Crippen LogP contribution in [0.4, 0.5) is 0 Å². The molecule has 0 spiro atoms. The molecule has 0 bridgehead atoms. The van der Waals surface area contributed by atoms with Crippen molar-refractivity contribution in [3.05, 3.63) is 51.6 Å². The van der Waals surface area contributed by atoms with E-state index in [0.29, 0.717) is 0 Å². The number of carbonyl (C=O) groups is 3. The number of rotatable bonds is 6. The Morgan fingerprint density at radius 1 is 1.12 bits per heavy atom. The van der Waals surface area contributed by atoms with E-state index in [1.54, 1.807) is 0 Å². The highest BCUT2D eigenvalue weighted by Gasteiger charge is 2.49. The Bertz CT molecular complexity index is 1550. The Balaban J connectivity index is 1.63. The fourth-order valence-corrected chi connectivity index (χ4v) is 6.66. The van der Waals surface area contributed by atoms with Gasteiger partial charge in [-0.2, -0.15) is 0 Å². The predicted octanol–water partition coefficient (Wildman–Crippen LogP) is 0.752. The number of aliphatic hydroxyl groups is 2. The highest BCUT2D eigenvalue weighted by molar-refractivity contribution is 7.49. The maximum Gasteiger partial charge on any atom is 0.400 e. The van der Waals surface area contributed by atoms with E-state index in [4.69, 9.17) is 14.2 Å². The second-order valence-corrected chi connectivity index (χ2v) is 12.1. The fourth-order valence-electron chi connectivity index (χ4n) is 5.97. The lowest BCUT2D eigenvalue weighted by Crippen LogP contribution is -2.53. The van der Waals surface area contributed by atoms with Gasteiger partial charge in [-0.3, -0.25) is 14.4 Å². The zero-order valence-electron chi connectivity index (χ0n) is 22.7. The summed E-state index contributed by atoms with van der Waals surface area (Å²) in [5.41, 5.74) is -3.68. The van der Waals surface area contributed by atoms with Crippen LogP contribution in [0.2, 0.25) is 0 Å². The van der Waals surface area contributed by atoms with E-state index in [1.807, 2.05) is 5.09 Å². The summed E-state index contributed by atoms with van der Waals surface area (Å²) >= 11 is 0. The number of nitrogens with one attached hydrogen (secondary N) is 1. The van der Waals surface area contributed by atoms with Crippen LogP contribution in [-0.2, 0) is 25.3 Å². The van der Waals surface area contributed by atoms with Crippen molar-refractivity contribution in [3.63, 3.8) is 0 Å². The van der Waals surface area contributed by atoms with Crippen LogP contribution in [0.5, 0.6) is 17.2 Å². The van der Waals surface area contributed by atoms with Crippen molar-refractivity contribution in [1.82, 2.24) is 5.09 Å². The molecule has 5 rings (SSSR count). The Hall–Kier alpha value is -3.20. The third kappa shape index (κ3) is 4.93. The molecule has 1 aliphatic heterocycles. The normalized spacial score (nSPS) is 29.0. The van der Waals surface area contributed by atoms with Gasteiger partial charge in [-0.05, 0) is 19.9 Å². The third-order valence-corrected chi connectivity index (χ3v) is 8.76. The van der Waals surface area contributed by atoms with Gasteiger partial charge in [-0.1, -0.05) is 12.1 Å². The van der Waals surface area contributed by atoms with Crippen molar-refractivity contribution < 1.29 is 63.4 Å². The maximum atomic E-state index is 13.7. The lowest BCUT2D eigenvalue weighted by Gasteiger charge is -2.42. The maximum absolute atomic E-state index is 13.7. The Morgan fingerprint density at radius 3 is 2.40 bits per heavy atom. The van der Waals surface area contributed by atoms with E-state index in [1.165, 1.54) is 32.2 Å². The van der Waals surface area contributed by atoms with Crippen LogP contribution >= 0.6 is 7.75 Å². The summed E-state index contributed by atoms with van der Waals surface area (Å²) in [7, 11) is -3.49. The first-order valence-corrected chi connectivity index (χ1v) is 14.6. The molecule has 14 nitrogen and oxygen atoms in total. The molecule has 2 aromatic rings. The van der Waals surface area contributed by atoms with Gasteiger partial charge in [0.1, 0.15) is 22.8 Å². The fraction of sp³-hybridized carbons (Fsp3) is 0.444. The molecule has 15 heteroatoms. The van der Waals surface area contributed by atoms with Gasteiger partial charge < -0.3 is 44.4 Å². The van der Waals surface area contributed by atoms with Gasteiger partial charge in [-0.15, -0.1) is 0 Å². The number of fused-ring (bicyclic) bond motifs is 3. The molecule has 226 valence electrons. The third-order valence-electron chi connectivity index (χ3n) is 8.09. The number of hydrogen-bond acceptors (Lipinski definition) is 11. The molecule has 1 fully saturated rings. The summed E-state index contributed by atoms with van der Waals surface area (Å²) in [5, 5.41) is 46.6. The van der Waals surface area contributed by atoms with Gasteiger partial charge in [0.25, 0.3) is 0 Å². The van der Waals surface area contributed by atoms with E-state index in [2.05, 4.69) is 0 Å². The van der Waals surface area contributed by atoms with Crippen LogP contribution in [0, 0.1) is 0 Å². The smallest absolute Gasteiger partial charge is 0.400 e. The summed E-state index contributed by atoms with van der Waals surface area (Å²) in [6, 6.07) is 3.12. The summed E-state index contributed by atoms with van der Waals surface area (Å²) in [6.07, 6.45) is -6.32. The van der Waals surface area contributed by atoms with Gasteiger partial charge in [0.05, 0.1) is 48.2 Å². The number of methoxy groups -OCH3 is 1.